The maximum Gasteiger partial charge on any atom is 0.416 e. The van der Waals surface area contributed by atoms with Gasteiger partial charge in [0.1, 0.15) is 5.75 Å². The molecule has 1 aliphatic heterocycles. The van der Waals surface area contributed by atoms with Gasteiger partial charge >= 0.3 is 6.18 Å². The highest BCUT2D eigenvalue weighted by molar-refractivity contribution is 5.73. The van der Waals surface area contributed by atoms with Crippen LogP contribution in [0.25, 0.3) is 5.57 Å². The number of hydrogen-bond acceptors (Lipinski definition) is 4. The van der Waals surface area contributed by atoms with Gasteiger partial charge in [0.15, 0.2) is 0 Å². The van der Waals surface area contributed by atoms with Gasteiger partial charge in [-0.15, -0.1) is 0 Å². The minimum atomic E-state index is -4.30. The fraction of sp³-hybridized carbons (Fsp3) is 0.500. The molecule has 0 radical (unpaired) electrons. The molecular weight excluding hydrogens is 453 g/mol. The average molecular weight is 489 g/mol. The van der Waals surface area contributed by atoms with E-state index in [0.29, 0.717) is 6.54 Å². The predicted octanol–water partition coefficient (Wildman–Crippen LogP) is 5.61. The van der Waals surface area contributed by atoms with Crippen molar-refractivity contribution in [3.8, 4) is 5.75 Å². The zero-order valence-electron chi connectivity index (χ0n) is 20.4. The molecule has 2 fully saturated rings. The largest absolute Gasteiger partial charge is 0.497 e. The molecule has 0 unspecified atom stereocenters. The first-order valence-corrected chi connectivity index (χ1v) is 12.5. The molecule has 1 saturated carbocycles. The molecule has 0 atom stereocenters. The molecule has 4 rings (SSSR count). The van der Waals surface area contributed by atoms with Crippen LogP contribution in [-0.2, 0) is 12.7 Å². The van der Waals surface area contributed by atoms with Crippen LogP contribution in [0.15, 0.2) is 54.6 Å². The van der Waals surface area contributed by atoms with Gasteiger partial charge in [-0.1, -0.05) is 49.6 Å². The number of piperazine rings is 1. The van der Waals surface area contributed by atoms with Crippen molar-refractivity contribution >= 4 is 5.57 Å². The molecule has 35 heavy (non-hydrogen) atoms. The fourth-order valence-corrected chi connectivity index (χ4v) is 5.18. The van der Waals surface area contributed by atoms with Crippen molar-refractivity contribution in [3.63, 3.8) is 0 Å². The Kier molecular flexibility index (Phi) is 8.19. The van der Waals surface area contributed by atoms with Gasteiger partial charge in [0.05, 0.1) is 18.3 Å². The molecule has 190 valence electrons. The van der Waals surface area contributed by atoms with E-state index in [1.807, 2.05) is 24.3 Å². The van der Waals surface area contributed by atoms with E-state index in [1.165, 1.54) is 0 Å². The van der Waals surface area contributed by atoms with Gasteiger partial charge in [-0.3, -0.25) is 9.80 Å². The molecule has 0 bridgehead atoms. The topological polar surface area (TPSA) is 35.9 Å². The van der Waals surface area contributed by atoms with Crippen LogP contribution in [0.5, 0.6) is 5.75 Å². The van der Waals surface area contributed by atoms with Crippen LogP contribution in [0.2, 0.25) is 0 Å². The molecule has 1 aliphatic carbocycles. The Bertz CT molecular complexity index is 990. The first-order valence-electron chi connectivity index (χ1n) is 12.5. The predicted molar refractivity (Wildman–Crippen MR) is 132 cm³/mol. The van der Waals surface area contributed by atoms with Gasteiger partial charge in [-0.25, -0.2) is 0 Å². The zero-order chi connectivity index (χ0) is 24.9. The van der Waals surface area contributed by atoms with Crippen molar-refractivity contribution in [1.29, 1.82) is 0 Å². The Labute approximate surface area is 206 Å². The smallest absolute Gasteiger partial charge is 0.416 e. The van der Waals surface area contributed by atoms with E-state index in [9.17, 15) is 18.3 Å². The highest BCUT2D eigenvalue weighted by Gasteiger charge is 2.34. The summed E-state index contributed by atoms with van der Waals surface area (Å²) in [6.45, 7) is 4.86. The van der Waals surface area contributed by atoms with Crippen LogP contribution in [0.4, 0.5) is 13.2 Å². The molecule has 2 aliphatic rings. The van der Waals surface area contributed by atoms with E-state index in [-0.39, 0.29) is 0 Å². The Hall–Kier alpha value is -2.35. The van der Waals surface area contributed by atoms with Gasteiger partial charge in [0.25, 0.3) is 0 Å². The lowest BCUT2D eigenvalue weighted by Crippen LogP contribution is -2.46. The number of aliphatic hydroxyl groups is 1. The van der Waals surface area contributed by atoms with Crippen LogP contribution < -0.4 is 4.74 Å². The summed E-state index contributed by atoms with van der Waals surface area (Å²) in [5.74, 6) is 0.782. The molecule has 4 nitrogen and oxygen atoms in total. The molecule has 0 amide bonds. The molecule has 0 spiro atoms. The van der Waals surface area contributed by atoms with Crippen LogP contribution in [0.3, 0.4) is 0 Å². The van der Waals surface area contributed by atoms with Crippen molar-refractivity contribution in [1.82, 2.24) is 9.80 Å². The van der Waals surface area contributed by atoms with Crippen LogP contribution >= 0.6 is 0 Å². The number of methoxy groups -OCH3 is 1. The second-order valence-corrected chi connectivity index (χ2v) is 9.71. The maximum atomic E-state index is 12.8. The van der Waals surface area contributed by atoms with Gasteiger partial charge in [0, 0.05) is 39.3 Å². The maximum absolute atomic E-state index is 12.8. The lowest BCUT2D eigenvalue weighted by Gasteiger charge is -2.37. The van der Waals surface area contributed by atoms with Gasteiger partial charge in [-0.2, -0.15) is 13.2 Å². The highest BCUT2D eigenvalue weighted by Crippen LogP contribution is 2.40. The van der Waals surface area contributed by atoms with Crippen LogP contribution in [0, 0.1) is 0 Å². The summed E-state index contributed by atoms with van der Waals surface area (Å²) in [5.41, 5.74) is 1.48. The van der Waals surface area contributed by atoms with E-state index in [2.05, 4.69) is 15.9 Å². The van der Waals surface area contributed by atoms with Gasteiger partial charge in [0.2, 0.25) is 0 Å². The number of rotatable bonds is 7. The van der Waals surface area contributed by atoms with E-state index >= 15 is 0 Å². The zero-order valence-corrected chi connectivity index (χ0v) is 20.4. The lowest BCUT2D eigenvalue weighted by atomic mass is 9.76. The number of alkyl halides is 3. The average Bonchev–Trinajstić information content (AvgIpc) is 2.85. The third kappa shape index (κ3) is 6.66. The van der Waals surface area contributed by atoms with Crippen molar-refractivity contribution in [2.75, 3.05) is 39.8 Å². The SMILES string of the molecule is COc1cccc(/C(=C\CN2CCN(Cc3ccc(C(F)(F)F)cc3)CC2)C2(O)CCCCC2)c1. The minimum absolute atomic E-state index is 0.607. The van der Waals surface area contributed by atoms with E-state index in [0.717, 1.165) is 99.4 Å². The summed E-state index contributed by atoms with van der Waals surface area (Å²) >= 11 is 0. The van der Waals surface area contributed by atoms with Crippen molar-refractivity contribution in [3.05, 3.63) is 71.3 Å². The first kappa shape index (κ1) is 25.7. The summed E-state index contributed by atoms with van der Waals surface area (Å²) in [6.07, 6.45) is 2.65. The Morgan fingerprint density at radius 2 is 1.63 bits per heavy atom. The summed E-state index contributed by atoms with van der Waals surface area (Å²) in [7, 11) is 1.65. The van der Waals surface area contributed by atoms with Gasteiger partial charge < -0.3 is 9.84 Å². The molecule has 1 heterocycles. The molecule has 2 aromatic carbocycles. The fourth-order valence-electron chi connectivity index (χ4n) is 5.18. The quantitative estimate of drug-likeness (QED) is 0.550. The normalized spacial score (nSPS) is 20.1. The summed E-state index contributed by atoms with van der Waals surface area (Å²) < 4.78 is 43.8. The molecule has 1 N–H and O–H groups in total. The highest BCUT2D eigenvalue weighted by atomic mass is 19.4. The summed E-state index contributed by atoms with van der Waals surface area (Å²) in [5, 5.41) is 11.5. The molecule has 7 heteroatoms. The summed E-state index contributed by atoms with van der Waals surface area (Å²) in [4.78, 5) is 4.65. The van der Waals surface area contributed by atoms with Gasteiger partial charge in [-0.05, 0) is 53.8 Å². The van der Waals surface area contributed by atoms with Crippen molar-refractivity contribution in [2.45, 2.75) is 50.4 Å². The molecule has 2 aromatic rings. The van der Waals surface area contributed by atoms with E-state index in [4.69, 9.17) is 4.74 Å². The number of benzene rings is 2. The monoisotopic (exact) mass is 488 g/mol. The molecular formula is C28H35F3N2O2. The Morgan fingerprint density at radius 3 is 2.26 bits per heavy atom. The minimum Gasteiger partial charge on any atom is -0.497 e. The third-order valence-electron chi connectivity index (χ3n) is 7.27. The number of halogens is 3. The lowest BCUT2D eigenvalue weighted by molar-refractivity contribution is -0.137. The standard InChI is InChI=1S/C28H35F3N2O2/c1-35-25-7-5-6-23(20-25)26(27(34)13-3-2-4-14-27)12-15-32-16-18-33(19-17-32)21-22-8-10-24(11-9-22)28(29,30)31/h5-12,20,34H,2-4,13-19,21H2,1H3/b26-12+. The Morgan fingerprint density at radius 1 is 0.971 bits per heavy atom. The number of ether oxygens (including phenoxy) is 1. The van der Waals surface area contributed by atoms with Crippen LogP contribution in [-0.4, -0.2) is 60.3 Å². The number of nitrogens with zero attached hydrogens (tertiary/aromatic N) is 2. The molecule has 0 aromatic heterocycles. The number of hydrogen-bond donors (Lipinski definition) is 1. The van der Waals surface area contributed by atoms with Crippen molar-refractivity contribution < 1.29 is 23.0 Å². The van der Waals surface area contributed by atoms with Crippen LogP contribution in [0.1, 0.15) is 48.8 Å². The van der Waals surface area contributed by atoms with Crippen molar-refractivity contribution in [2.24, 2.45) is 0 Å². The first-order chi connectivity index (χ1) is 16.8. The Balaban J connectivity index is 1.38. The molecule has 1 saturated heterocycles. The second kappa shape index (κ2) is 11.1. The second-order valence-electron chi connectivity index (χ2n) is 9.71. The van der Waals surface area contributed by atoms with E-state index < -0.39 is 17.3 Å². The summed E-state index contributed by atoms with van der Waals surface area (Å²) in [6, 6.07) is 13.4. The third-order valence-corrected chi connectivity index (χ3v) is 7.27. The van der Waals surface area contributed by atoms with E-state index in [1.54, 1.807) is 19.2 Å².